The van der Waals surface area contributed by atoms with Gasteiger partial charge in [-0.15, -0.1) is 0 Å². The predicted molar refractivity (Wildman–Crippen MR) is 240 cm³/mol. The minimum atomic E-state index is -0.391. The minimum absolute atomic E-state index is 0.0709. The highest BCUT2D eigenvalue weighted by atomic mass is 16.6. The summed E-state index contributed by atoms with van der Waals surface area (Å²) in [6.07, 6.45) is 41.9. The molecule has 8 heteroatoms. The SMILES string of the molecule is CCCCC/C=C\C/C=C\CCCCCCCC(=O)OCC(COC(=O)C1CCC(C2CCC(CCCCC)CC2)CC1)COC(=O)C1CCN(c2ccncc2)CC1. The zero-order chi connectivity index (χ0) is 41.8. The smallest absolute Gasteiger partial charge is 0.309 e. The van der Waals surface area contributed by atoms with Gasteiger partial charge in [-0.1, -0.05) is 109 Å². The standard InChI is InChI=1S/C51H82N2O6/c1-3-5-7-8-9-10-11-12-13-14-15-16-17-18-20-22-49(54)57-39-43(41-59-51(56)47-33-37-53(38-34-47)48-31-35-52-36-32-48)40-58-50(55)46-29-27-45(28-30-46)44-25-23-42(24-26-44)21-19-6-4-2/h9-10,12-13,31-32,35-36,42-47H,3-8,11,14-30,33-34,37-41H2,1-2H3/b10-9-,13-12-. The Hall–Kier alpha value is -3.16. The third-order valence-corrected chi connectivity index (χ3v) is 13.5. The van der Waals surface area contributed by atoms with Crippen LogP contribution in [0.5, 0.6) is 0 Å². The lowest BCUT2D eigenvalue weighted by Crippen LogP contribution is -2.37. The normalized spacial score (nSPS) is 22.1. The Morgan fingerprint density at radius 1 is 0.627 bits per heavy atom. The zero-order valence-corrected chi connectivity index (χ0v) is 37.3. The number of aromatic nitrogens is 1. The summed E-state index contributed by atoms with van der Waals surface area (Å²) in [4.78, 5) is 45.7. The third-order valence-electron chi connectivity index (χ3n) is 13.5. The molecule has 2 saturated carbocycles. The van der Waals surface area contributed by atoms with Gasteiger partial charge in [-0.2, -0.15) is 0 Å². The van der Waals surface area contributed by atoms with Crippen LogP contribution in [0.15, 0.2) is 48.8 Å². The molecule has 0 amide bonds. The van der Waals surface area contributed by atoms with Crippen molar-refractivity contribution < 1.29 is 28.6 Å². The van der Waals surface area contributed by atoms with Gasteiger partial charge in [-0.05, 0) is 120 Å². The van der Waals surface area contributed by atoms with Gasteiger partial charge in [-0.25, -0.2) is 0 Å². The van der Waals surface area contributed by atoms with Crippen molar-refractivity contribution in [3.05, 3.63) is 48.8 Å². The highest BCUT2D eigenvalue weighted by Gasteiger charge is 2.34. The third kappa shape index (κ3) is 19.8. The highest BCUT2D eigenvalue weighted by Crippen LogP contribution is 2.42. The van der Waals surface area contributed by atoms with E-state index in [-0.39, 0.29) is 49.6 Å². The molecule has 2 aliphatic carbocycles. The van der Waals surface area contributed by atoms with Gasteiger partial charge in [-0.3, -0.25) is 19.4 Å². The zero-order valence-electron chi connectivity index (χ0n) is 37.3. The van der Waals surface area contributed by atoms with Gasteiger partial charge in [0.25, 0.3) is 0 Å². The van der Waals surface area contributed by atoms with Gasteiger partial charge in [0.15, 0.2) is 0 Å². The Morgan fingerprint density at radius 2 is 1.15 bits per heavy atom. The first-order valence-electron chi connectivity index (χ1n) is 24.4. The summed E-state index contributed by atoms with van der Waals surface area (Å²) in [6, 6.07) is 3.99. The van der Waals surface area contributed by atoms with Crippen molar-refractivity contribution in [2.24, 2.45) is 35.5 Å². The number of nitrogens with zero attached hydrogens (tertiary/aromatic N) is 2. The van der Waals surface area contributed by atoms with E-state index in [1.807, 2.05) is 12.1 Å². The summed E-state index contributed by atoms with van der Waals surface area (Å²) in [5, 5.41) is 0. The summed E-state index contributed by atoms with van der Waals surface area (Å²) in [5.41, 5.74) is 1.11. The van der Waals surface area contributed by atoms with Crippen LogP contribution in [0.3, 0.4) is 0 Å². The number of anilines is 1. The second kappa shape index (κ2) is 30.0. The van der Waals surface area contributed by atoms with E-state index < -0.39 is 5.92 Å². The molecule has 8 nitrogen and oxygen atoms in total. The van der Waals surface area contributed by atoms with E-state index in [1.54, 1.807) is 12.4 Å². The lowest BCUT2D eigenvalue weighted by Gasteiger charge is -2.37. The molecule has 3 aliphatic rings. The first-order valence-corrected chi connectivity index (χ1v) is 24.4. The number of carbonyl (C=O) groups excluding carboxylic acids is 3. The molecule has 0 bridgehead atoms. The lowest BCUT2D eigenvalue weighted by molar-refractivity contribution is -0.158. The van der Waals surface area contributed by atoms with E-state index in [9.17, 15) is 14.4 Å². The van der Waals surface area contributed by atoms with E-state index >= 15 is 0 Å². The molecule has 0 radical (unpaired) electrons. The molecule has 1 unspecified atom stereocenters. The van der Waals surface area contributed by atoms with Crippen LogP contribution in [-0.4, -0.2) is 55.8 Å². The van der Waals surface area contributed by atoms with Crippen molar-refractivity contribution in [1.82, 2.24) is 4.98 Å². The summed E-state index contributed by atoms with van der Waals surface area (Å²) in [7, 11) is 0. The van der Waals surface area contributed by atoms with Gasteiger partial charge >= 0.3 is 17.9 Å². The quantitative estimate of drug-likeness (QED) is 0.0357. The van der Waals surface area contributed by atoms with Crippen LogP contribution >= 0.6 is 0 Å². The second-order valence-corrected chi connectivity index (χ2v) is 18.1. The average molecular weight is 819 g/mol. The monoisotopic (exact) mass is 819 g/mol. The Morgan fingerprint density at radius 3 is 1.78 bits per heavy atom. The molecule has 1 aromatic heterocycles. The number of hydrogen-bond acceptors (Lipinski definition) is 8. The van der Waals surface area contributed by atoms with Crippen LogP contribution in [-0.2, 0) is 28.6 Å². The maximum Gasteiger partial charge on any atom is 0.309 e. The number of esters is 3. The largest absolute Gasteiger partial charge is 0.465 e. The van der Waals surface area contributed by atoms with Crippen molar-refractivity contribution in [1.29, 1.82) is 0 Å². The van der Waals surface area contributed by atoms with Crippen molar-refractivity contribution in [2.75, 3.05) is 37.8 Å². The van der Waals surface area contributed by atoms with Gasteiger partial charge in [0.2, 0.25) is 0 Å². The number of allylic oxidation sites excluding steroid dienone is 4. The van der Waals surface area contributed by atoms with Crippen molar-refractivity contribution in [3.8, 4) is 0 Å². The highest BCUT2D eigenvalue weighted by molar-refractivity contribution is 5.73. The Balaban J connectivity index is 1.14. The maximum absolute atomic E-state index is 13.3. The summed E-state index contributed by atoms with van der Waals surface area (Å²) in [6.45, 7) is 6.31. The fourth-order valence-electron chi connectivity index (χ4n) is 9.53. The molecule has 1 aromatic rings. The van der Waals surface area contributed by atoms with Crippen molar-refractivity contribution >= 4 is 23.6 Å². The van der Waals surface area contributed by atoms with Crippen molar-refractivity contribution in [2.45, 2.75) is 181 Å². The predicted octanol–water partition coefficient (Wildman–Crippen LogP) is 12.6. The van der Waals surface area contributed by atoms with E-state index in [2.05, 4.69) is 48.0 Å². The van der Waals surface area contributed by atoms with Gasteiger partial charge in [0, 0.05) is 37.6 Å². The molecule has 0 aromatic carbocycles. The molecule has 4 rings (SSSR count). The van der Waals surface area contributed by atoms with Crippen molar-refractivity contribution in [3.63, 3.8) is 0 Å². The van der Waals surface area contributed by atoms with E-state index in [4.69, 9.17) is 14.2 Å². The molecular formula is C51H82N2O6. The Bertz CT molecular complexity index is 1320. The number of pyridine rings is 1. The summed E-state index contributed by atoms with van der Waals surface area (Å²) in [5.74, 6) is 1.21. The number of hydrogen-bond donors (Lipinski definition) is 0. The molecule has 1 atom stereocenters. The van der Waals surface area contributed by atoms with Crippen LogP contribution in [0.4, 0.5) is 5.69 Å². The molecule has 0 N–H and O–H groups in total. The maximum atomic E-state index is 13.3. The number of carbonyl (C=O) groups is 3. The topological polar surface area (TPSA) is 95.0 Å². The molecule has 1 aliphatic heterocycles. The molecule has 332 valence electrons. The number of unbranched alkanes of at least 4 members (excludes halogenated alkanes) is 10. The summed E-state index contributed by atoms with van der Waals surface area (Å²) >= 11 is 0. The lowest BCUT2D eigenvalue weighted by atomic mass is 9.68. The number of rotatable bonds is 28. The first-order chi connectivity index (χ1) is 29.0. The van der Waals surface area contributed by atoms with E-state index in [1.165, 1.54) is 83.5 Å². The van der Waals surface area contributed by atoms with Crippen LogP contribution in [0.1, 0.15) is 181 Å². The van der Waals surface area contributed by atoms with E-state index in [0.717, 1.165) is 101 Å². The molecule has 0 spiro atoms. The molecule has 1 saturated heterocycles. The molecule has 3 fully saturated rings. The minimum Gasteiger partial charge on any atom is -0.465 e. The van der Waals surface area contributed by atoms with Crippen LogP contribution in [0.2, 0.25) is 0 Å². The van der Waals surface area contributed by atoms with E-state index in [0.29, 0.717) is 19.3 Å². The fourth-order valence-corrected chi connectivity index (χ4v) is 9.53. The first kappa shape index (κ1) is 48.5. The molecule has 59 heavy (non-hydrogen) atoms. The fraction of sp³-hybridized carbons (Fsp3) is 0.765. The average Bonchev–Trinajstić information content (AvgIpc) is 3.28. The Labute approximate surface area is 359 Å². The van der Waals surface area contributed by atoms with Crippen LogP contribution < -0.4 is 4.90 Å². The van der Waals surface area contributed by atoms with Crippen LogP contribution in [0, 0.1) is 35.5 Å². The number of piperidine rings is 1. The number of ether oxygens (including phenoxy) is 3. The van der Waals surface area contributed by atoms with Gasteiger partial charge in [0.1, 0.15) is 19.8 Å². The van der Waals surface area contributed by atoms with Gasteiger partial charge in [0.05, 0.1) is 17.8 Å². The Kier molecular flexibility index (Phi) is 24.6. The molecule has 2 heterocycles. The molecular weight excluding hydrogens is 737 g/mol. The summed E-state index contributed by atoms with van der Waals surface area (Å²) < 4.78 is 17.5. The second-order valence-electron chi connectivity index (χ2n) is 18.1. The van der Waals surface area contributed by atoms with Crippen LogP contribution in [0.25, 0.3) is 0 Å². The van der Waals surface area contributed by atoms with Gasteiger partial charge < -0.3 is 19.1 Å².